The highest BCUT2D eigenvalue weighted by Crippen LogP contribution is 2.22. The topological polar surface area (TPSA) is 53.7 Å². The highest BCUT2D eigenvalue weighted by molar-refractivity contribution is 5.33. The summed E-state index contributed by atoms with van der Waals surface area (Å²) in [4.78, 5) is 0. The molecule has 0 radical (unpaired) electrons. The highest BCUT2D eigenvalue weighted by atomic mass is 16.7. The summed E-state index contributed by atoms with van der Waals surface area (Å²) in [5, 5.41) is 0. The highest BCUT2D eigenvalue weighted by Gasteiger charge is 2.09. The van der Waals surface area contributed by atoms with Gasteiger partial charge in [0.15, 0.2) is 0 Å². The lowest BCUT2D eigenvalue weighted by molar-refractivity contribution is -0.0454. The lowest BCUT2D eigenvalue weighted by atomic mass is 9.99. The number of benzene rings is 1. The van der Waals surface area contributed by atoms with E-state index in [1.165, 1.54) is 25.7 Å². The third-order valence-corrected chi connectivity index (χ3v) is 3.41. The normalized spacial score (nSPS) is 12.4. The van der Waals surface area contributed by atoms with Crippen molar-refractivity contribution >= 4 is 0 Å². The van der Waals surface area contributed by atoms with E-state index in [2.05, 4.69) is 13.8 Å². The number of hydrogen-bond acceptors (Lipinski definition) is 4. The number of rotatable bonds is 11. The van der Waals surface area contributed by atoms with E-state index in [4.69, 9.17) is 19.9 Å². The molecule has 0 aliphatic carbocycles. The number of hydrogen-bond donors (Lipinski definition) is 1. The molecule has 0 amide bonds. The first-order chi connectivity index (χ1) is 10.2. The van der Waals surface area contributed by atoms with E-state index in [1.807, 2.05) is 24.3 Å². The Morgan fingerprint density at radius 3 is 2.33 bits per heavy atom. The maximum Gasteiger partial charge on any atom is 0.211 e. The van der Waals surface area contributed by atoms with Crippen LogP contribution in [-0.2, 0) is 4.74 Å². The first kappa shape index (κ1) is 17.8. The molecule has 2 N–H and O–H groups in total. The Balaban J connectivity index is 2.55. The smallest absolute Gasteiger partial charge is 0.211 e. The van der Waals surface area contributed by atoms with Gasteiger partial charge < -0.3 is 19.9 Å². The van der Waals surface area contributed by atoms with Crippen LogP contribution in [0.15, 0.2) is 24.3 Å². The summed E-state index contributed by atoms with van der Waals surface area (Å²) in [6, 6.07) is 7.63. The Hall–Kier alpha value is -1.26. The average molecular weight is 295 g/mol. The molecule has 0 aliphatic heterocycles. The molecule has 0 aliphatic rings. The minimum absolute atomic E-state index is 0.316. The van der Waals surface area contributed by atoms with E-state index in [0.717, 1.165) is 12.4 Å². The van der Waals surface area contributed by atoms with Gasteiger partial charge in [-0.2, -0.15) is 0 Å². The minimum Gasteiger partial charge on any atom is -0.493 e. The van der Waals surface area contributed by atoms with Crippen LogP contribution in [-0.4, -0.2) is 26.6 Å². The Bertz CT molecular complexity index is 374. The van der Waals surface area contributed by atoms with Crippen LogP contribution in [0.2, 0.25) is 0 Å². The van der Waals surface area contributed by atoms with Gasteiger partial charge in [0.1, 0.15) is 11.5 Å². The molecular weight excluding hydrogens is 266 g/mol. The quantitative estimate of drug-likeness (QED) is 0.634. The summed E-state index contributed by atoms with van der Waals surface area (Å²) < 4.78 is 16.7. The molecule has 21 heavy (non-hydrogen) atoms. The maximum absolute atomic E-state index is 5.91. The third kappa shape index (κ3) is 6.82. The van der Waals surface area contributed by atoms with Gasteiger partial charge in [-0.15, -0.1) is 0 Å². The van der Waals surface area contributed by atoms with Crippen LogP contribution in [0.5, 0.6) is 11.5 Å². The number of nitrogens with two attached hydrogens (primary N) is 1. The van der Waals surface area contributed by atoms with E-state index in [1.54, 1.807) is 7.11 Å². The maximum atomic E-state index is 5.91. The fourth-order valence-corrected chi connectivity index (χ4v) is 2.32. The number of methoxy groups -OCH3 is 1. The predicted molar refractivity (Wildman–Crippen MR) is 85.7 cm³/mol. The Morgan fingerprint density at radius 1 is 1.10 bits per heavy atom. The van der Waals surface area contributed by atoms with E-state index >= 15 is 0 Å². The zero-order valence-electron chi connectivity index (χ0n) is 13.5. The van der Waals surface area contributed by atoms with E-state index < -0.39 is 6.29 Å². The van der Waals surface area contributed by atoms with Gasteiger partial charge in [0, 0.05) is 13.2 Å². The van der Waals surface area contributed by atoms with Gasteiger partial charge in [-0.1, -0.05) is 32.8 Å². The zero-order valence-corrected chi connectivity index (χ0v) is 13.5. The average Bonchev–Trinajstić information content (AvgIpc) is 2.51. The van der Waals surface area contributed by atoms with Crippen LogP contribution in [0.3, 0.4) is 0 Å². The molecule has 120 valence electrons. The van der Waals surface area contributed by atoms with Crippen molar-refractivity contribution in [2.24, 2.45) is 11.7 Å². The standard InChI is InChI=1S/C17H29NO3/c1-4-7-14(8-5-2)13-20-15-9-6-10-16(11-15)21-17(12-18)19-3/h6,9-11,14,17H,4-5,7-8,12-13,18H2,1-3H3/t17-/m1/s1. The summed E-state index contributed by atoms with van der Waals surface area (Å²) in [6.07, 6.45) is 4.39. The first-order valence-electron chi connectivity index (χ1n) is 7.85. The molecule has 0 spiro atoms. The molecule has 0 unspecified atom stereocenters. The largest absolute Gasteiger partial charge is 0.493 e. The van der Waals surface area contributed by atoms with Gasteiger partial charge in [0.2, 0.25) is 6.29 Å². The first-order valence-corrected chi connectivity index (χ1v) is 7.85. The van der Waals surface area contributed by atoms with Crippen molar-refractivity contribution in [1.82, 2.24) is 0 Å². The second kappa shape index (κ2) is 10.5. The molecule has 1 aromatic carbocycles. The monoisotopic (exact) mass is 295 g/mol. The second-order valence-corrected chi connectivity index (χ2v) is 5.25. The Kier molecular flexibility index (Phi) is 8.87. The molecule has 1 atom stereocenters. The van der Waals surface area contributed by atoms with Gasteiger partial charge >= 0.3 is 0 Å². The van der Waals surface area contributed by atoms with Crippen molar-refractivity contribution in [2.75, 3.05) is 20.3 Å². The molecule has 0 aromatic heterocycles. The summed E-state index contributed by atoms with van der Waals surface area (Å²) in [7, 11) is 1.58. The van der Waals surface area contributed by atoms with Gasteiger partial charge in [0.25, 0.3) is 0 Å². The van der Waals surface area contributed by atoms with E-state index in [0.29, 0.717) is 18.2 Å². The van der Waals surface area contributed by atoms with Crippen molar-refractivity contribution in [3.05, 3.63) is 24.3 Å². The Labute approximate surface area is 128 Å². The summed E-state index contributed by atoms with van der Waals surface area (Å²) in [6.45, 7) is 5.51. The lowest BCUT2D eigenvalue weighted by Crippen LogP contribution is -2.28. The van der Waals surface area contributed by atoms with E-state index in [9.17, 15) is 0 Å². The number of ether oxygens (including phenoxy) is 3. The molecule has 4 heteroatoms. The lowest BCUT2D eigenvalue weighted by Gasteiger charge is -2.18. The molecule has 1 rings (SSSR count). The predicted octanol–water partition coefficient (Wildman–Crippen LogP) is 3.59. The van der Waals surface area contributed by atoms with Gasteiger partial charge in [-0.3, -0.25) is 0 Å². The Morgan fingerprint density at radius 2 is 1.76 bits per heavy atom. The van der Waals surface area contributed by atoms with Crippen molar-refractivity contribution < 1.29 is 14.2 Å². The minimum atomic E-state index is -0.423. The molecule has 0 bridgehead atoms. The van der Waals surface area contributed by atoms with Gasteiger partial charge in [-0.25, -0.2) is 0 Å². The van der Waals surface area contributed by atoms with E-state index in [-0.39, 0.29) is 0 Å². The van der Waals surface area contributed by atoms with Crippen LogP contribution >= 0.6 is 0 Å². The third-order valence-electron chi connectivity index (χ3n) is 3.41. The summed E-state index contributed by atoms with van der Waals surface area (Å²) in [5.74, 6) is 2.17. The fraction of sp³-hybridized carbons (Fsp3) is 0.647. The van der Waals surface area contributed by atoms with Crippen LogP contribution in [0.4, 0.5) is 0 Å². The zero-order chi connectivity index (χ0) is 15.5. The fourth-order valence-electron chi connectivity index (χ4n) is 2.32. The van der Waals surface area contributed by atoms with Crippen LogP contribution in [0.1, 0.15) is 39.5 Å². The van der Waals surface area contributed by atoms with Crippen molar-refractivity contribution in [2.45, 2.75) is 45.8 Å². The summed E-state index contributed by atoms with van der Waals surface area (Å²) >= 11 is 0. The van der Waals surface area contributed by atoms with Crippen LogP contribution < -0.4 is 15.2 Å². The van der Waals surface area contributed by atoms with Gasteiger partial charge in [-0.05, 0) is 30.9 Å². The summed E-state index contributed by atoms with van der Waals surface area (Å²) in [5.41, 5.74) is 5.55. The molecule has 0 fully saturated rings. The molecule has 1 aromatic rings. The molecule has 0 saturated heterocycles. The second-order valence-electron chi connectivity index (χ2n) is 5.25. The van der Waals surface area contributed by atoms with Crippen LogP contribution in [0.25, 0.3) is 0 Å². The van der Waals surface area contributed by atoms with Crippen molar-refractivity contribution in [1.29, 1.82) is 0 Å². The molecular formula is C17H29NO3. The molecule has 4 nitrogen and oxygen atoms in total. The van der Waals surface area contributed by atoms with Crippen molar-refractivity contribution in [3.8, 4) is 11.5 Å². The van der Waals surface area contributed by atoms with Gasteiger partial charge in [0.05, 0.1) is 13.2 Å². The molecule has 0 heterocycles. The van der Waals surface area contributed by atoms with Crippen molar-refractivity contribution in [3.63, 3.8) is 0 Å². The molecule has 0 saturated carbocycles. The van der Waals surface area contributed by atoms with Crippen LogP contribution in [0, 0.1) is 5.92 Å². The SMILES string of the molecule is CCCC(CCC)COc1cccc(O[C@H](CN)OC)c1.